The van der Waals surface area contributed by atoms with Crippen molar-refractivity contribution in [2.75, 3.05) is 11.9 Å². The van der Waals surface area contributed by atoms with Crippen LogP contribution in [0.25, 0.3) is 22.0 Å². The first-order valence-corrected chi connectivity index (χ1v) is 9.65. The number of aromatic nitrogens is 2. The van der Waals surface area contributed by atoms with Crippen LogP contribution in [0.4, 0.5) is 14.9 Å². The third-order valence-electron chi connectivity index (χ3n) is 4.92. The van der Waals surface area contributed by atoms with Crippen LogP contribution in [0.3, 0.4) is 0 Å². The van der Waals surface area contributed by atoms with Crippen LogP contribution in [0.2, 0.25) is 5.15 Å². The van der Waals surface area contributed by atoms with Crippen molar-refractivity contribution in [2.24, 2.45) is 5.92 Å². The van der Waals surface area contributed by atoms with Gasteiger partial charge in [-0.05, 0) is 43.0 Å². The summed E-state index contributed by atoms with van der Waals surface area (Å²) in [5.41, 5.74) is 3.26. The number of anilines is 1. The van der Waals surface area contributed by atoms with Gasteiger partial charge in [-0.2, -0.15) is 0 Å². The predicted molar refractivity (Wildman–Crippen MR) is 109 cm³/mol. The highest BCUT2D eigenvalue weighted by molar-refractivity contribution is 6.30. The summed E-state index contributed by atoms with van der Waals surface area (Å²) >= 11 is 5.93. The molecule has 0 radical (unpaired) electrons. The van der Waals surface area contributed by atoms with Crippen molar-refractivity contribution in [1.29, 1.82) is 0 Å². The number of urea groups is 1. The van der Waals surface area contributed by atoms with E-state index in [0.717, 1.165) is 40.1 Å². The minimum absolute atomic E-state index is 0.134. The lowest BCUT2D eigenvalue weighted by molar-refractivity contribution is 0.251. The number of halogens is 2. The number of nitrogens with zero attached hydrogens (tertiary/aromatic N) is 2. The van der Waals surface area contributed by atoms with Gasteiger partial charge in [-0.25, -0.2) is 14.2 Å². The quantitative estimate of drug-likeness (QED) is 0.571. The molecule has 0 aliphatic heterocycles. The SMILES string of the molecule is Cc1nc2cc(Cl)ncc2cc1-c1ccc(F)c(NC(=O)NCCC2CC2)c1. The molecule has 1 aromatic carbocycles. The molecule has 28 heavy (non-hydrogen) atoms. The second-order valence-electron chi connectivity index (χ2n) is 7.13. The van der Waals surface area contributed by atoms with Gasteiger partial charge >= 0.3 is 6.03 Å². The minimum atomic E-state index is -0.485. The summed E-state index contributed by atoms with van der Waals surface area (Å²) in [4.78, 5) is 20.7. The maximum Gasteiger partial charge on any atom is 0.319 e. The third-order valence-corrected chi connectivity index (χ3v) is 5.12. The fraction of sp³-hybridized carbons (Fsp3) is 0.286. The molecule has 0 atom stereocenters. The Bertz CT molecular complexity index is 1050. The lowest BCUT2D eigenvalue weighted by Crippen LogP contribution is -2.30. The Morgan fingerprint density at radius 3 is 2.89 bits per heavy atom. The van der Waals surface area contributed by atoms with Gasteiger partial charge < -0.3 is 10.6 Å². The number of hydrogen-bond acceptors (Lipinski definition) is 3. The van der Waals surface area contributed by atoms with Gasteiger partial charge in [-0.1, -0.05) is 30.5 Å². The molecule has 1 aliphatic carbocycles. The molecule has 0 unspecified atom stereocenters. The van der Waals surface area contributed by atoms with Gasteiger partial charge in [0.25, 0.3) is 0 Å². The van der Waals surface area contributed by atoms with Crippen LogP contribution < -0.4 is 10.6 Å². The highest BCUT2D eigenvalue weighted by Gasteiger charge is 2.20. The highest BCUT2D eigenvalue weighted by atomic mass is 35.5. The second-order valence-corrected chi connectivity index (χ2v) is 7.52. The zero-order valence-corrected chi connectivity index (χ0v) is 16.2. The summed E-state index contributed by atoms with van der Waals surface area (Å²) < 4.78 is 14.2. The molecule has 5 nitrogen and oxygen atoms in total. The van der Waals surface area contributed by atoms with Gasteiger partial charge in [0.05, 0.1) is 11.2 Å². The first-order chi connectivity index (χ1) is 13.5. The van der Waals surface area contributed by atoms with E-state index in [9.17, 15) is 9.18 Å². The average molecular weight is 399 g/mol. The van der Waals surface area contributed by atoms with E-state index in [-0.39, 0.29) is 5.69 Å². The molecule has 1 saturated carbocycles. The molecule has 2 N–H and O–H groups in total. The van der Waals surface area contributed by atoms with Gasteiger partial charge in [0.15, 0.2) is 0 Å². The van der Waals surface area contributed by atoms with Crippen LogP contribution in [0, 0.1) is 18.7 Å². The monoisotopic (exact) mass is 398 g/mol. The molecule has 3 aromatic rings. The van der Waals surface area contributed by atoms with E-state index in [4.69, 9.17) is 11.6 Å². The summed E-state index contributed by atoms with van der Waals surface area (Å²) in [6, 6.07) is 7.88. The summed E-state index contributed by atoms with van der Waals surface area (Å²) in [7, 11) is 0. The summed E-state index contributed by atoms with van der Waals surface area (Å²) in [5.74, 6) is 0.244. The van der Waals surface area contributed by atoms with Gasteiger partial charge in [0, 0.05) is 35.5 Å². The van der Waals surface area contributed by atoms with E-state index in [1.54, 1.807) is 24.4 Å². The molecule has 4 rings (SSSR count). The number of pyridine rings is 2. The predicted octanol–water partition coefficient (Wildman–Crippen LogP) is 5.32. The van der Waals surface area contributed by atoms with Gasteiger partial charge in [-0.15, -0.1) is 0 Å². The average Bonchev–Trinajstić information content (AvgIpc) is 3.47. The molecule has 2 heterocycles. The third kappa shape index (κ3) is 4.22. The lowest BCUT2D eigenvalue weighted by Gasteiger charge is -2.12. The normalized spacial score (nSPS) is 13.5. The summed E-state index contributed by atoms with van der Waals surface area (Å²) in [5, 5.41) is 6.60. The van der Waals surface area contributed by atoms with Crippen molar-refractivity contribution in [3.63, 3.8) is 0 Å². The largest absolute Gasteiger partial charge is 0.338 e. The van der Waals surface area contributed by atoms with E-state index < -0.39 is 11.8 Å². The molecule has 2 amide bonds. The Kier molecular flexibility index (Phi) is 5.13. The number of aryl methyl sites for hydroxylation is 1. The van der Waals surface area contributed by atoms with E-state index in [0.29, 0.717) is 11.7 Å². The molecule has 0 bridgehead atoms. The van der Waals surface area contributed by atoms with Gasteiger partial charge in [-0.3, -0.25) is 4.98 Å². The summed E-state index contributed by atoms with van der Waals surface area (Å²) in [6.07, 6.45) is 5.10. The lowest BCUT2D eigenvalue weighted by atomic mass is 10.0. The first-order valence-electron chi connectivity index (χ1n) is 9.27. The highest BCUT2D eigenvalue weighted by Crippen LogP contribution is 2.32. The molecule has 144 valence electrons. The number of nitrogens with one attached hydrogen (secondary N) is 2. The molecular formula is C21H20ClFN4O. The Hall–Kier alpha value is -2.73. The van der Waals surface area contributed by atoms with Crippen molar-refractivity contribution < 1.29 is 9.18 Å². The number of carbonyl (C=O) groups is 1. The van der Waals surface area contributed by atoms with Crippen molar-refractivity contribution in [2.45, 2.75) is 26.2 Å². The van der Waals surface area contributed by atoms with Crippen LogP contribution in [-0.4, -0.2) is 22.5 Å². The van der Waals surface area contributed by atoms with Crippen molar-refractivity contribution in [3.8, 4) is 11.1 Å². The van der Waals surface area contributed by atoms with Crippen LogP contribution in [0.1, 0.15) is 25.0 Å². The van der Waals surface area contributed by atoms with Crippen molar-refractivity contribution >= 4 is 34.2 Å². The first kappa shape index (κ1) is 18.6. The van der Waals surface area contributed by atoms with Gasteiger partial charge in [0.1, 0.15) is 11.0 Å². The number of benzene rings is 1. The standard InChI is InChI=1S/C21H20ClFN4O/c1-12-16(8-15-11-25-20(22)10-18(15)26-12)14-4-5-17(23)19(9-14)27-21(28)24-7-6-13-2-3-13/h4-5,8-11,13H,2-3,6-7H2,1H3,(H2,24,27,28). The number of amides is 2. The van der Waals surface area contributed by atoms with Crippen molar-refractivity contribution in [3.05, 3.63) is 53.2 Å². The Morgan fingerprint density at radius 1 is 1.29 bits per heavy atom. The van der Waals surface area contributed by atoms with E-state index in [1.165, 1.54) is 18.9 Å². The van der Waals surface area contributed by atoms with E-state index in [1.807, 2.05) is 13.0 Å². The van der Waals surface area contributed by atoms with Crippen LogP contribution >= 0.6 is 11.6 Å². The number of rotatable bonds is 5. The number of carbonyl (C=O) groups excluding carboxylic acids is 1. The Morgan fingerprint density at radius 2 is 2.11 bits per heavy atom. The Labute approximate surface area is 167 Å². The van der Waals surface area contributed by atoms with Gasteiger partial charge in [0.2, 0.25) is 0 Å². The summed E-state index contributed by atoms with van der Waals surface area (Å²) in [6.45, 7) is 2.48. The Balaban J connectivity index is 1.57. The molecule has 0 saturated heterocycles. The second kappa shape index (κ2) is 7.72. The number of fused-ring (bicyclic) bond motifs is 1. The maximum absolute atomic E-state index is 14.2. The molecular weight excluding hydrogens is 379 g/mol. The smallest absolute Gasteiger partial charge is 0.319 e. The van der Waals surface area contributed by atoms with E-state index >= 15 is 0 Å². The zero-order chi connectivity index (χ0) is 19.7. The maximum atomic E-state index is 14.2. The number of hydrogen-bond donors (Lipinski definition) is 2. The topological polar surface area (TPSA) is 66.9 Å². The zero-order valence-electron chi connectivity index (χ0n) is 15.4. The molecule has 7 heteroatoms. The van der Waals surface area contributed by atoms with Crippen LogP contribution in [0.5, 0.6) is 0 Å². The fourth-order valence-corrected chi connectivity index (χ4v) is 3.34. The fourth-order valence-electron chi connectivity index (χ4n) is 3.18. The van der Waals surface area contributed by atoms with Crippen LogP contribution in [-0.2, 0) is 0 Å². The van der Waals surface area contributed by atoms with Crippen molar-refractivity contribution in [1.82, 2.24) is 15.3 Å². The molecule has 1 fully saturated rings. The molecule has 2 aromatic heterocycles. The minimum Gasteiger partial charge on any atom is -0.338 e. The van der Waals surface area contributed by atoms with Crippen LogP contribution in [0.15, 0.2) is 36.5 Å². The molecule has 0 spiro atoms. The molecule has 1 aliphatic rings. The van der Waals surface area contributed by atoms with E-state index in [2.05, 4.69) is 20.6 Å².